The average Bonchev–Trinajstić information content (AvgIpc) is 3.24. The molecule has 5 nitrogen and oxygen atoms in total. The van der Waals surface area contributed by atoms with Crippen molar-refractivity contribution < 1.29 is 4.79 Å². The third kappa shape index (κ3) is 3.74. The third-order valence-corrected chi connectivity index (χ3v) is 6.22. The van der Waals surface area contributed by atoms with E-state index in [1.54, 1.807) is 36.1 Å². The largest absolute Gasteiger partial charge is 0.308 e. The number of hydrogen-bond acceptors (Lipinski definition) is 5. The minimum atomic E-state index is 0.173. The predicted octanol–water partition coefficient (Wildman–Crippen LogP) is 5.14. The number of carbonyl (C=O) groups excluding carboxylic acids is 1. The van der Waals surface area contributed by atoms with Crippen LogP contribution in [0.3, 0.4) is 0 Å². The molecule has 0 saturated carbocycles. The van der Waals surface area contributed by atoms with Crippen molar-refractivity contribution in [1.82, 2.24) is 15.0 Å². The Bertz CT molecular complexity index is 1170. The first-order chi connectivity index (χ1) is 14.8. The Morgan fingerprint density at radius 3 is 2.47 bits per heavy atom. The zero-order valence-corrected chi connectivity index (χ0v) is 17.2. The van der Waals surface area contributed by atoms with Crippen LogP contribution in [0.25, 0.3) is 21.8 Å². The maximum atomic E-state index is 12.8. The van der Waals surface area contributed by atoms with Crippen LogP contribution in [0.5, 0.6) is 0 Å². The van der Waals surface area contributed by atoms with E-state index >= 15 is 0 Å². The summed E-state index contributed by atoms with van der Waals surface area (Å²) in [4.78, 5) is 27.7. The fourth-order valence-electron chi connectivity index (χ4n) is 3.79. The van der Waals surface area contributed by atoms with E-state index in [4.69, 9.17) is 4.98 Å². The van der Waals surface area contributed by atoms with Gasteiger partial charge in [-0.3, -0.25) is 14.8 Å². The second-order valence-corrected chi connectivity index (χ2v) is 8.16. The first kappa shape index (κ1) is 18.6. The SMILES string of the molecule is O=C1CCCc2cc(-c3csc(-c4ccncc4)n3)ccc2N1Cc1ccncc1. The molecule has 0 fully saturated rings. The number of aromatic nitrogens is 3. The number of hydrogen-bond donors (Lipinski definition) is 0. The molecular formula is C24H20N4OS. The van der Waals surface area contributed by atoms with E-state index in [0.29, 0.717) is 13.0 Å². The van der Waals surface area contributed by atoms with Gasteiger partial charge in [0.1, 0.15) is 5.01 Å². The van der Waals surface area contributed by atoms with Crippen LogP contribution in [0.4, 0.5) is 5.69 Å². The van der Waals surface area contributed by atoms with Crippen LogP contribution < -0.4 is 4.90 Å². The van der Waals surface area contributed by atoms with Gasteiger partial charge >= 0.3 is 0 Å². The summed E-state index contributed by atoms with van der Waals surface area (Å²) in [6, 6.07) is 14.2. The van der Waals surface area contributed by atoms with Crippen molar-refractivity contribution in [3.05, 3.63) is 83.8 Å². The van der Waals surface area contributed by atoms with E-state index in [2.05, 4.69) is 33.5 Å². The van der Waals surface area contributed by atoms with Gasteiger partial charge in [-0.05, 0) is 60.4 Å². The molecule has 0 atom stereocenters. The van der Waals surface area contributed by atoms with Gasteiger partial charge in [-0.25, -0.2) is 4.98 Å². The molecule has 4 heterocycles. The molecular weight excluding hydrogens is 392 g/mol. The lowest BCUT2D eigenvalue weighted by molar-refractivity contribution is -0.118. The Morgan fingerprint density at radius 2 is 1.67 bits per heavy atom. The Kier molecular flexibility index (Phi) is 5.07. The molecule has 0 radical (unpaired) electrons. The minimum Gasteiger partial charge on any atom is -0.308 e. The van der Waals surface area contributed by atoms with Gasteiger partial charge in [0.05, 0.1) is 12.2 Å². The summed E-state index contributed by atoms with van der Waals surface area (Å²) in [5.74, 6) is 0.173. The van der Waals surface area contributed by atoms with Crippen molar-refractivity contribution in [1.29, 1.82) is 0 Å². The van der Waals surface area contributed by atoms with Crippen LogP contribution >= 0.6 is 11.3 Å². The third-order valence-electron chi connectivity index (χ3n) is 5.33. The Morgan fingerprint density at radius 1 is 0.900 bits per heavy atom. The van der Waals surface area contributed by atoms with Gasteiger partial charge in [-0.15, -0.1) is 11.3 Å². The van der Waals surface area contributed by atoms with E-state index < -0.39 is 0 Å². The zero-order chi connectivity index (χ0) is 20.3. The molecule has 1 amide bonds. The summed E-state index contributed by atoms with van der Waals surface area (Å²) < 4.78 is 0. The summed E-state index contributed by atoms with van der Waals surface area (Å²) in [5.41, 5.74) is 6.41. The van der Waals surface area contributed by atoms with Crippen LogP contribution in [0.15, 0.2) is 72.6 Å². The summed E-state index contributed by atoms with van der Waals surface area (Å²) in [7, 11) is 0. The number of rotatable bonds is 4. The molecule has 4 aromatic rings. The summed E-state index contributed by atoms with van der Waals surface area (Å²) in [5, 5.41) is 3.07. The fraction of sp³-hybridized carbons (Fsp3) is 0.167. The normalized spacial score (nSPS) is 13.7. The van der Waals surface area contributed by atoms with Gasteiger partial charge in [-0.1, -0.05) is 6.07 Å². The lowest BCUT2D eigenvalue weighted by Gasteiger charge is -2.23. The number of benzene rings is 1. The first-order valence-electron chi connectivity index (χ1n) is 9.96. The van der Waals surface area contributed by atoms with Gasteiger partial charge in [0, 0.05) is 53.4 Å². The number of fused-ring (bicyclic) bond motifs is 1. The Balaban J connectivity index is 1.48. The smallest absolute Gasteiger partial charge is 0.227 e. The molecule has 30 heavy (non-hydrogen) atoms. The lowest BCUT2D eigenvalue weighted by atomic mass is 10.0. The van der Waals surface area contributed by atoms with Crippen molar-refractivity contribution in [3.8, 4) is 21.8 Å². The summed E-state index contributed by atoms with van der Waals surface area (Å²) in [6.07, 6.45) is 9.43. The van der Waals surface area contributed by atoms with Crippen molar-refractivity contribution >= 4 is 22.9 Å². The molecule has 1 aromatic carbocycles. The van der Waals surface area contributed by atoms with Crippen LogP contribution in [0, 0.1) is 0 Å². The second kappa shape index (κ2) is 8.16. The Labute approximate surface area is 179 Å². The van der Waals surface area contributed by atoms with Gasteiger partial charge in [-0.2, -0.15) is 0 Å². The number of nitrogens with zero attached hydrogens (tertiary/aromatic N) is 4. The lowest BCUT2D eigenvalue weighted by Crippen LogP contribution is -2.29. The maximum absolute atomic E-state index is 12.8. The monoisotopic (exact) mass is 412 g/mol. The highest BCUT2D eigenvalue weighted by Gasteiger charge is 2.23. The number of pyridine rings is 2. The molecule has 148 valence electrons. The topological polar surface area (TPSA) is 59.0 Å². The van der Waals surface area contributed by atoms with Crippen molar-refractivity contribution in [3.63, 3.8) is 0 Å². The summed E-state index contributed by atoms with van der Waals surface area (Å²) >= 11 is 1.63. The van der Waals surface area contributed by atoms with Gasteiger partial charge < -0.3 is 4.90 Å². The molecule has 6 heteroatoms. The first-order valence-corrected chi connectivity index (χ1v) is 10.8. The van der Waals surface area contributed by atoms with Crippen molar-refractivity contribution in [2.45, 2.75) is 25.8 Å². The van der Waals surface area contributed by atoms with Crippen LogP contribution in [-0.4, -0.2) is 20.9 Å². The molecule has 0 N–H and O–H groups in total. The zero-order valence-electron chi connectivity index (χ0n) is 16.4. The molecule has 3 aromatic heterocycles. The number of carbonyl (C=O) groups is 1. The van der Waals surface area contributed by atoms with Gasteiger partial charge in [0.25, 0.3) is 0 Å². The van der Waals surface area contributed by atoms with Crippen molar-refractivity contribution in [2.75, 3.05) is 4.90 Å². The number of amides is 1. The number of anilines is 1. The van der Waals surface area contributed by atoms with Gasteiger partial charge in [0.2, 0.25) is 5.91 Å². The summed E-state index contributed by atoms with van der Waals surface area (Å²) in [6.45, 7) is 0.566. The Hall–Kier alpha value is -3.38. The van der Waals surface area contributed by atoms with Crippen molar-refractivity contribution in [2.24, 2.45) is 0 Å². The highest BCUT2D eigenvalue weighted by atomic mass is 32.1. The molecule has 0 spiro atoms. The highest BCUT2D eigenvalue weighted by Crippen LogP contribution is 2.34. The molecule has 1 aliphatic heterocycles. The molecule has 0 bridgehead atoms. The highest BCUT2D eigenvalue weighted by molar-refractivity contribution is 7.13. The molecule has 0 aliphatic carbocycles. The molecule has 0 saturated heterocycles. The van der Waals surface area contributed by atoms with E-state index in [9.17, 15) is 4.79 Å². The fourth-order valence-corrected chi connectivity index (χ4v) is 4.62. The van der Waals surface area contributed by atoms with E-state index in [0.717, 1.165) is 45.9 Å². The number of aryl methyl sites for hydroxylation is 1. The van der Waals surface area contributed by atoms with E-state index in [1.165, 1.54) is 5.56 Å². The minimum absolute atomic E-state index is 0.173. The van der Waals surface area contributed by atoms with Gasteiger partial charge in [0.15, 0.2) is 0 Å². The van der Waals surface area contributed by atoms with Crippen LogP contribution in [0.1, 0.15) is 24.0 Å². The van der Waals surface area contributed by atoms with Crippen LogP contribution in [0.2, 0.25) is 0 Å². The maximum Gasteiger partial charge on any atom is 0.227 e. The number of thiazole rings is 1. The van der Waals surface area contributed by atoms with Crippen LogP contribution in [-0.2, 0) is 17.8 Å². The van der Waals surface area contributed by atoms with E-state index in [-0.39, 0.29) is 5.91 Å². The molecule has 5 rings (SSSR count). The van der Waals surface area contributed by atoms with E-state index in [1.807, 2.05) is 29.2 Å². The second-order valence-electron chi connectivity index (χ2n) is 7.31. The standard InChI is InChI=1S/C24H20N4OS/c29-23-3-1-2-20-14-19(21-16-30-24(27-21)18-8-12-26-13-9-18)4-5-22(20)28(23)15-17-6-10-25-11-7-17/h4-14,16H,1-3,15H2. The molecule has 0 unspecified atom stereocenters. The predicted molar refractivity (Wildman–Crippen MR) is 119 cm³/mol. The quantitative estimate of drug-likeness (QED) is 0.466. The average molecular weight is 413 g/mol. The molecule has 1 aliphatic rings.